The Labute approximate surface area is 265 Å². The van der Waals surface area contributed by atoms with Gasteiger partial charge in [-0.1, -0.05) is 29.8 Å². The predicted octanol–water partition coefficient (Wildman–Crippen LogP) is 6.30. The van der Waals surface area contributed by atoms with Crippen LogP contribution in [0.1, 0.15) is 39.2 Å². The second kappa shape index (κ2) is 13.3. The number of carbonyl (C=O) groups is 1. The molecule has 1 amide bonds. The second-order valence-electron chi connectivity index (χ2n) is 11.4. The standard InChI is InChI=1S/C31H32ClFN6O5S/c1-31(2,3)44-30(40)39-16-6-7-21(18-39)37-29-36-13-12-25(38-29)27-28(35-15-14-34-27)43-22-11-10-20(24(33)17-22)19-45(41,42)26-9-5-4-8-23(26)32/h4-5,8-15,17,21H,6-7,16,18-19H2,1-3H3,(H,36,37,38)/t21-/m0/s1. The van der Waals surface area contributed by atoms with Crippen LogP contribution in [-0.4, -0.2) is 64.1 Å². The van der Waals surface area contributed by atoms with E-state index in [1.165, 1.54) is 36.7 Å². The smallest absolute Gasteiger partial charge is 0.410 e. The fourth-order valence-electron chi connectivity index (χ4n) is 4.71. The minimum atomic E-state index is -3.89. The SMILES string of the molecule is CC(C)(C)OC(=O)N1CCC[C@H](Nc2nccc(-c3nccnc3Oc3ccc(CS(=O)(=O)c4ccccc4Cl)c(F)c3)n2)C1. The third-order valence-corrected chi connectivity index (χ3v) is 8.88. The van der Waals surface area contributed by atoms with Gasteiger partial charge >= 0.3 is 6.09 Å². The van der Waals surface area contributed by atoms with Crippen LogP contribution < -0.4 is 10.1 Å². The van der Waals surface area contributed by atoms with E-state index in [2.05, 4.69) is 25.3 Å². The van der Waals surface area contributed by atoms with E-state index in [1.54, 1.807) is 29.3 Å². The van der Waals surface area contributed by atoms with E-state index in [0.29, 0.717) is 24.7 Å². The molecular weight excluding hydrogens is 623 g/mol. The summed E-state index contributed by atoms with van der Waals surface area (Å²) in [7, 11) is -3.89. The van der Waals surface area contributed by atoms with Crippen molar-refractivity contribution in [3.63, 3.8) is 0 Å². The Kier molecular flexibility index (Phi) is 9.49. The van der Waals surface area contributed by atoms with Crippen molar-refractivity contribution in [1.82, 2.24) is 24.8 Å². The van der Waals surface area contributed by atoms with E-state index in [-0.39, 0.29) is 44.9 Å². The Balaban J connectivity index is 1.29. The zero-order valence-corrected chi connectivity index (χ0v) is 26.5. The molecule has 5 rings (SSSR count). The van der Waals surface area contributed by atoms with Gasteiger partial charge in [-0.15, -0.1) is 0 Å². The van der Waals surface area contributed by atoms with Gasteiger partial charge < -0.3 is 19.7 Å². The van der Waals surface area contributed by atoms with Crippen molar-refractivity contribution in [2.24, 2.45) is 0 Å². The Morgan fingerprint density at radius 1 is 1.09 bits per heavy atom. The molecule has 3 heterocycles. The molecule has 1 atom stereocenters. The molecule has 14 heteroatoms. The number of nitrogens with one attached hydrogen (secondary N) is 1. The number of carbonyl (C=O) groups excluding carboxylic acids is 1. The summed E-state index contributed by atoms with van der Waals surface area (Å²) in [5.74, 6) is -0.867. The van der Waals surface area contributed by atoms with Gasteiger partial charge in [0.1, 0.15) is 17.2 Å². The predicted molar refractivity (Wildman–Crippen MR) is 166 cm³/mol. The Bertz CT molecular complexity index is 1800. The highest BCUT2D eigenvalue weighted by molar-refractivity contribution is 7.90. The van der Waals surface area contributed by atoms with Gasteiger partial charge in [0.15, 0.2) is 15.5 Å². The third-order valence-electron chi connectivity index (χ3n) is 6.73. The molecule has 1 N–H and O–H groups in total. The molecule has 1 aliphatic heterocycles. The number of hydrogen-bond acceptors (Lipinski definition) is 10. The van der Waals surface area contributed by atoms with Crippen molar-refractivity contribution < 1.29 is 27.1 Å². The second-order valence-corrected chi connectivity index (χ2v) is 13.8. The summed E-state index contributed by atoms with van der Waals surface area (Å²) in [5, 5.41) is 3.35. The average molecular weight is 655 g/mol. The normalized spacial score (nSPS) is 15.4. The minimum absolute atomic E-state index is 0.0406. The van der Waals surface area contributed by atoms with Gasteiger partial charge in [0.25, 0.3) is 0 Å². The summed E-state index contributed by atoms with van der Waals surface area (Å²) in [4.78, 5) is 31.7. The molecule has 1 saturated heterocycles. The van der Waals surface area contributed by atoms with Crippen LogP contribution in [0.2, 0.25) is 5.02 Å². The monoisotopic (exact) mass is 654 g/mol. The van der Waals surface area contributed by atoms with Crippen LogP contribution in [0, 0.1) is 5.82 Å². The third kappa shape index (κ3) is 8.22. The number of piperidine rings is 1. The number of anilines is 1. The molecule has 2 aromatic carbocycles. The van der Waals surface area contributed by atoms with Crippen LogP contribution in [-0.2, 0) is 20.3 Å². The van der Waals surface area contributed by atoms with Crippen LogP contribution >= 0.6 is 11.6 Å². The first kappa shape index (κ1) is 32.0. The van der Waals surface area contributed by atoms with E-state index in [4.69, 9.17) is 21.1 Å². The molecule has 11 nitrogen and oxygen atoms in total. The largest absolute Gasteiger partial charge is 0.444 e. The van der Waals surface area contributed by atoms with Crippen molar-refractivity contribution >= 4 is 33.5 Å². The number of hydrogen-bond donors (Lipinski definition) is 1. The van der Waals surface area contributed by atoms with Crippen LogP contribution in [0.15, 0.2) is 72.0 Å². The molecule has 0 spiro atoms. The van der Waals surface area contributed by atoms with Gasteiger partial charge in [-0.2, -0.15) is 0 Å². The number of nitrogens with zero attached hydrogens (tertiary/aromatic N) is 5. The van der Waals surface area contributed by atoms with Crippen LogP contribution in [0.3, 0.4) is 0 Å². The first-order valence-corrected chi connectivity index (χ1v) is 16.2. The summed E-state index contributed by atoms with van der Waals surface area (Å²) in [6.07, 6.45) is 5.70. The highest BCUT2D eigenvalue weighted by Crippen LogP contribution is 2.31. The first-order valence-electron chi connectivity index (χ1n) is 14.2. The summed E-state index contributed by atoms with van der Waals surface area (Å²) in [6.45, 7) is 6.53. The maximum atomic E-state index is 15.1. The van der Waals surface area contributed by atoms with Gasteiger partial charge in [-0.3, -0.25) is 0 Å². The van der Waals surface area contributed by atoms with Gasteiger partial charge in [0, 0.05) is 49.4 Å². The topological polar surface area (TPSA) is 136 Å². The van der Waals surface area contributed by atoms with E-state index >= 15 is 4.39 Å². The summed E-state index contributed by atoms with van der Waals surface area (Å²) < 4.78 is 52.2. The van der Waals surface area contributed by atoms with Crippen molar-refractivity contribution in [2.75, 3.05) is 18.4 Å². The lowest BCUT2D eigenvalue weighted by molar-refractivity contribution is 0.0206. The van der Waals surface area contributed by atoms with Gasteiger partial charge in [-0.25, -0.2) is 37.5 Å². The molecule has 0 aliphatic carbocycles. The Morgan fingerprint density at radius 2 is 1.87 bits per heavy atom. The number of aromatic nitrogens is 4. The highest BCUT2D eigenvalue weighted by atomic mass is 35.5. The number of benzene rings is 2. The maximum absolute atomic E-state index is 15.1. The van der Waals surface area contributed by atoms with Crippen LogP contribution in [0.25, 0.3) is 11.4 Å². The van der Waals surface area contributed by atoms with E-state index in [1.807, 2.05) is 20.8 Å². The number of ether oxygens (including phenoxy) is 2. The van der Waals surface area contributed by atoms with Gasteiger partial charge in [0.05, 0.1) is 21.4 Å². The summed E-state index contributed by atoms with van der Waals surface area (Å²) in [6, 6.07) is 11.4. The van der Waals surface area contributed by atoms with Crippen LogP contribution in [0.5, 0.6) is 11.6 Å². The molecule has 2 aromatic heterocycles. The lowest BCUT2D eigenvalue weighted by Gasteiger charge is -2.34. The zero-order valence-electron chi connectivity index (χ0n) is 24.9. The van der Waals surface area contributed by atoms with E-state index < -0.39 is 27.0 Å². The van der Waals surface area contributed by atoms with Crippen molar-refractivity contribution in [3.8, 4) is 23.0 Å². The number of amides is 1. The van der Waals surface area contributed by atoms with Crippen LogP contribution in [0.4, 0.5) is 15.1 Å². The lowest BCUT2D eigenvalue weighted by atomic mass is 10.1. The van der Waals surface area contributed by atoms with E-state index in [0.717, 1.165) is 18.9 Å². The quantitative estimate of drug-likeness (QED) is 0.230. The summed E-state index contributed by atoms with van der Waals surface area (Å²) >= 11 is 6.05. The fourth-order valence-corrected chi connectivity index (χ4v) is 6.64. The van der Waals surface area contributed by atoms with Crippen molar-refractivity contribution in [2.45, 2.75) is 55.9 Å². The maximum Gasteiger partial charge on any atom is 0.410 e. The van der Waals surface area contributed by atoms with Crippen molar-refractivity contribution in [1.29, 1.82) is 0 Å². The van der Waals surface area contributed by atoms with E-state index in [9.17, 15) is 13.2 Å². The molecule has 45 heavy (non-hydrogen) atoms. The molecule has 0 radical (unpaired) electrons. The molecule has 0 saturated carbocycles. The molecule has 0 bridgehead atoms. The number of sulfone groups is 1. The van der Waals surface area contributed by atoms with Crippen molar-refractivity contribution in [3.05, 3.63) is 83.5 Å². The Morgan fingerprint density at radius 3 is 2.62 bits per heavy atom. The fraction of sp³-hybridized carbons (Fsp3) is 0.323. The lowest BCUT2D eigenvalue weighted by Crippen LogP contribution is -2.47. The summed E-state index contributed by atoms with van der Waals surface area (Å²) in [5.41, 5.74) is 0.0593. The molecule has 4 aromatic rings. The van der Waals surface area contributed by atoms with Gasteiger partial charge in [-0.05, 0) is 57.9 Å². The Hall–Kier alpha value is -4.36. The number of halogens is 2. The molecule has 1 fully saturated rings. The molecule has 0 unspecified atom stereocenters. The first-order chi connectivity index (χ1) is 21.4. The number of likely N-dealkylation sites (tertiary alicyclic amines) is 1. The molecule has 1 aliphatic rings. The average Bonchev–Trinajstić information content (AvgIpc) is 2.98. The number of rotatable bonds is 8. The zero-order chi connectivity index (χ0) is 32.2. The molecular formula is C31H32ClFN6O5S. The minimum Gasteiger partial charge on any atom is -0.444 e. The highest BCUT2D eigenvalue weighted by Gasteiger charge is 2.28. The molecule has 236 valence electrons. The van der Waals surface area contributed by atoms with Gasteiger partial charge in [0.2, 0.25) is 11.8 Å².